The monoisotopic (exact) mass is 347 g/mol. The van der Waals surface area contributed by atoms with Gasteiger partial charge in [-0.25, -0.2) is 0 Å². The first kappa shape index (κ1) is 19.1. The maximum absolute atomic E-state index is 9.32. The summed E-state index contributed by atoms with van der Waals surface area (Å²) in [7, 11) is 0. The molecule has 1 aromatic carbocycles. The molecule has 3 nitrogen and oxygen atoms in total. The van der Waals surface area contributed by atoms with Crippen molar-refractivity contribution >= 4 is 18.2 Å². The summed E-state index contributed by atoms with van der Waals surface area (Å²) in [6.45, 7) is 7.50. The van der Waals surface area contributed by atoms with Gasteiger partial charge in [-0.2, -0.15) is 0 Å². The van der Waals surface area contributed by atoms with Crippen molar-refractivity contribution in [2.75, 3.05) is 13.1 Å². The summed E-state index contributed by atoms with van der Waals surface area (Å²) in [5, 5.41) is 12.6. The third-order valence-electron chi connectivity index (χ3n) is 4.34. The molecule has 1 aromatic rings. The summed E-state index contributed by atoms with van der Waals surface area (Å²) < 4.78 is 6.15. The van der Waals surface area contributed by atoms with E-state index in [1.54, 1.807) is 6.92 Å². The molecule has 132 valence electrons. The van der Waals surface area contributed by atoms with Gasteiger partial charge in [0.1, 0.15) is 6.10 Å². The zero-order valence-corrected chi connectivity index (χ0v) is 15.7. The van der Waals surface area contributed by atoms with E-state index >= 15 is 0 Å². The van der Waals surface area contributed by atoms with E-state index in [4.69, 9.17) is 4.74 Å². The smallest absolute Gasteiger partial charge is 0.111 e. The van der Waals surface area contributed by atoms with Gasteiger partial charge in [-0.1, -0.05) is 25.1 Å². The van der Waals surface area contributed by atoms with Crippen molar-refractivity contribution in [3.8, 4) is 0 Å². The predicted octanol–water partition coefficient (Wildman–Crippen LogP) is 4.05. The molecular weight excluding hydrogens is 318 g/mol. The Balaban J connectivity index is 1.98. The van der Waals surface area contributed by atoms with Crippen LogP contribution in [0.1, 0.15) is 39.2 Å². The Morgan fingerprint density at radius 3 is 2.75 bits per heavy atom. The second-order valence-electron chi connectivity index (χ2n) is 6.69. The molecule has 0 amide bonds. The van der Waals surface area contributed by atoms with E-state index in [2.05, 4.69) is 56.1 Å². The van der Waals surface area contributed by atoms with Gasteiger partial charge in [0.05, 0.1) is 11.9 Å². The summed E-state index contributed by atoms with van der Waals surface area (Å²) >= 11 is 4.32. The number of allylic oxidation sites excluding steroid dienone is 4. The van der Waals surface area contributed by atoms with Gasteiger partial charge >= 0.3 is 0 Å². The second-order valence-corrected chi connectivity index (χ2v) is 7.21. The maximum Gasteiger partial charge on any atom is 0.111 e. The minimum atomic E-state index is -0.322. The number of ether oxygens (including phenoxy) is 1. The van der Waals surface area contributed by atoms with Gasteiger partial charge in [-0.05, 0) is 56.0 Å². The van der Waals surface area contributed by atoms with Gasteiger partial charge in [-0.15, -0.1) is 12.6 Å². The number of benzene rings is 1. The normalized spacial score (nSPS) is 24.7. The Bertz CT molecular complexity index is 578. The van der Waals surface area contributed by atoms with E-state index in [0.717, 1.165) is 30.0 Å². The van der Waals surface area contributed by atoms with Crippen LogP contribution in [0.5, 0.6) is 0 Å². The SMILES string of the molecule is C/C(=C\C=C1\OC(CNCC(C)O)CCC1C)c1ccc(S)cc1. The van der Waals surface area contributed by atoms with Gasteiger partial charge in [-0.3, -0.25) is 0 Å². The molecule has 4 heteroatoms. The van der Waals surface area contributed by atoms with Crippen molar-refractivity contribution in [2.24, 2.45) is 5.92 Å². The van der Waals surface area contributed by atoms with Crippen LogP contribution >= 0.6 is 12.6 Å². The molecule has 0 spiro atoms. The molecule has 3 atom stereocenters. The summed E-state index contributed by atoms with van der Waals surface area (Å²) in [4.78, 5) is 0.974. The lowest BCUT2D eigenvalue weighted by Crippen LogP contribution is -2.36. The van der Waals surface area contributed by atoms with Crippen LogP contribution in [0.15, 0.2) is 47.1 Å². The number of thiol groups is 1. The van der Waals surface area contributed by atoms with Crippen LogP contribution in [-0.4, -0.2) is 30.4 Å². The fraction of sp³-hybridized carbons (Fsp3) is 0.500. The third kappa shape index (κ3) is 6.00. The van der Waals surface area contributed by atoms with Crippen LogP contribution < -0.4 is 5.32 Å². The van der Waals surface area contributed by atoms with Gasteiger partial charge in [0.25, 0.3) is 0 Å². The first-order valence-electron chi connectivity index (χ1n) is 8.69. The van der Waals surface area contributed by atoms with Crippen LogP contribution in [0.25, 0.3) is 5.57 Å². The van der Waals surface area contributed by atoms with E-state index in [9.17, 15) is 5.11 Å². The number of aliphatic hydroxyl groups excluding tert-OH is 1. The number of hydrogen-bond donors (Lipinski definition) is 3. The van der Waals surface area contributed by atoms with Crippen LogP contribution in [0.3, 0.4) is 0 Å². The molecule has 0 saturated carbocycles. The van der Waals surface area contributed by atoms with Crippen molar-refractivity contribution in [3.63, 3.8) is 0 Å². The highest BCUT2D eigenvalue weighted by atomic mass is 32.1. The van der Waals surface area contributed by atoms with Crippen molar-refractivity contribution in [2.45, 2.75) is 50.7 Å². The highest BCUT2D eigenvalue weighted by molar-refractivity contribution is 7.80. The summed E-state index contributed by atoms with van der Waals surface area (Å²) in [6.07, 6.45) is 6.28. The fourth-order valence-corrected chi connectivity index (χ4v) is 2.92. The summed E-state index contributed by atoms with van der Waals surface area (Å²) in [5.74, 6) is 1.50. The second kappa shape index (κ2) is 9.30. The van der Waals surface area contributed by atoms with Crippen LogP contribution in [-0.2, 0) is 4.74 Å². The number of nitrogens with one attached hydrogen (secondary N) is 1. The number of hydrogen-bond acceptors (Lipinski definition) is 4. The minimum Gasteiger partial charge on any atom is -0.493 e. The first-order valence-corrected chi connectivity index (χ1v) is 9.13. The maximum atomic E-state index is 9.32. The third-order valence-corrected chi connectivity index (χ3v) is 4.64. The van der Waals surface area contributed by atoms with Crippen molar-refractivity contribution in [1.29, 1.82) is 0 Å². The topological polar surface area (TPSA) is 41.5 Å². The molecule has 0 bridgehead atoms. The van der Waals surface area contributed by atoms with E-state index in [0.29, 0.717) is 12.5 Å². The molecule has 1 heterocycles. The molecule has 2 N–H and O–H groups in total. The molecule has 1 aliphatic heterocycles. The lowest BCUT2D eigenvalue weighted by molar-refractivity contribution is 0.0483. The number of rotatable bonds is 6. The fourth-order valence-electron chi connectivity index (χ4n) is 2.77. The molecule has 0 aliphatic carbocycles. The Morgan fingerprint density at radius 1 is 1.38 bits per heavy atom. The average Bonchev–Trinajstić information content (AvgIpc) is 2.55. The molecule has 0 radical (unpaired) electrons. The summed E-state index contributed by atoms with van der Waals surface area (Å²) in [6, 6.07) is 8.18. The first-order chi connectivity index (χ1) is 11.5. The average molecular weight is 348 g/mol. The van der Waals surface area contributed by atoms with Crippen LogP contribution in [0, 0.1) is 5.92 Å². The zero-order chi connectivity index (χ0) is 17.5. The quantitative estimate of drug-likeness (QED) is 0.680. The highest BCUT2D eigenvalue weighted by Crippen LogP contribution is 2.28. The lowest BCUT2D eigenvalue weighted by Gasteiger charge is -2.30. The molecule has 1 aliphatic rings. The van der Waals surface area contributed by atoms with Crippen molar-refractivity contribution < 1.29 is 9.84 Å². The minimum absolute atomic E-state index is 0.184. The molecule has 3 unspecified atom stereocenters. The highest BCUT2D eigenvalue weighted by Gasteiger charge is 2.23. The molecule has 24 heavy (non-hydrogen) atoms. The van der Waals surface area contributed by atoms with Gasteiger partial charge in [0.2, 0.25) is 0 Å². The summed E-state index contributed by atoms with van der Waals surface area (Å²) in [5.41, 5.74) is 2.41. The standard InChI is InChI=1S/C20H29NO2S/c1-14(17-6-9-19(24)10-7-17)5-11-20-15(2)4-8-18(23-20)13-21-12-16(3)22/h5-7,9-11,15-16,18,21-22,24H,4,8,12-13H2,1-3H3/b14-5+,20-11+. The van der Waals surface area contributed by atoms with Gasteiger partial charge in [0, 0.05) is 23.9 Å². The van der Waals surface area contributed by atoms with E-state index in [1.165, 1.54) is 11.1 Å². The molecule has 1 saturated heterocycles. The van der Waals surface area contributed by atoms with Crippen molar-refractivity contribution in [1.82, 2.24) is 5.32 Å². The largest absolute Gasteiger partial charge is 0.493 e. The molecule has 0 aromatic heterocycles. The van der Waals surface area contributed by atoms with Gasteiger partial charge in [0.15, 0.2) is 0 Å². The molecule has 2 rings (SSSR count). The Morgan fingerprint density at radius 2 is 2.08 bits per heavy atom. The van der Waals surface area contributed by atoms with Crippen LogP contribution in [0.4, 0.5) is 0 Å². The molecule has 1 fully saturated rings. The van der Waals surface area contributed by atoms with E-state index < -0.39 is 0 Å². The Labute approximate surface area is 151 Å². The Hall–Kier alpha value is -1.23. The van der Waals surface area contributed by atoms with Crippen molar-refractivity contribution in [3.05, 3.63) is 47.7 Å². The number of aliphatic hydroxyl groups is 1. The zero-order valence-electron chi connectivity index (χ0n) is 14.8. The van der Waals surface area contributed by atoms with Crippen LogP contribution in [0.2, 0.25) is 0 Å². The predicted molar refractivity (Wildman–Crippen MR) is 103 cm³/mol. The van der Waals surface area contributed by atoms with E-state index in [-0.39, 0.29) is 12.2 Å². The molecular formula is C20H29NO2S. The van der Waals surface area contributed by atoms with E-state index in [1.807, 2.05) is 12.1 Å². The van der Waals surface area contributed by atoms with Gasteiger partial charge < -0.3 is 15.2 Å². The Kier molecular flexibility index (Phi) is 7.40. The lowest BCUT2D eigenvalue weighted by atomic mass is 9.96.